The zero-order valence-electron chi connectivity index (χ0n) is 27.5. The monoisotopic (exact) mass is 628 g/mol. The molecule has 3 aromatic carbocycles. The molecule has 0 spiro atoms. The van der Waals surface area contributed by atoms with Gasteiger partial charge in [0.1, 0.15) is 0 Å². The van der Waals surface area contributed by atoms with Crippen LogP contribution >= 0.6 is 0 Å². The van der Waals surface area contributed by atoms with Crippen LogP contribution in [0.15, 0.2) is 78.9 Å². The first-order valence-electron chi connectivity index (χ1n) is 16.0. The third-order valence-corrected chi connectivity index (χ3v) is 8.30. The first-order valence-corrected chi connectivity index (χ1v) is 16.0. The van der Waals surface area contributed by atoms with Crippen LogP contribution in [0.4, 0.5) is 16.2 Å². The van der Waals surface area contributed by atoms with Crippen LogP contribution in [0.2, 0.25) is 0 Å². The molecule has 9 nitrogen and oxygen atoms in total. The molecule has 1 aliphatic heterocycles. The highest BCUT2D eigenvalue weighted by Gasteiger charge is 2.33. The summed E-state index contributed by atoms with van der Waals surface area (Å²) in [6.45, 7) is 7.79. The van der Waals surface area contributed by atoms with Gasteiger partial charge in [0, 0.05) is 48.7 Å². The Kier molecular flexibility index (Phi) is 15.1. The number of likely N-dealkylation sites (tertiary alicyclic amines) is 1. The number of urea groups is 1. The van der Waals surface area contributed by atoms with Crippen molar-refractivity contribution >= 4 is 35.4 Å². The molecule has 46 heavy (non-hydrogen) atoms. The van der Waals surface area contributed by atoms with E-state index in [0.717, 1.165) is 38.8 Å². The molecule has 1 fully saturated rings. The fourth-order valence-electron chi connectivity index (χ4n) is 5.89. The summed E-state index contributed by atoms with van der Waals surface area (Å²) in [4.78, 5) is 47.3. The number of anilines is 2. The molecule has 3 aromatic rings. The van der Waals surface area contributed by atoms with Crippen molar-refractivity contribution in [2.45, 2.75) is 65.0 Å². The Labute approximate surface area is 273 Å². The van der Waals surface area contributed by atoms with Crippen molar-refractivity contribution < 1.29 is 23.9 Å². The second kappa shape index (κ2) is 19.2. The van der Waals surface area contributed by atoms with Gasteiger partial charge in [-0.1, -0.05) is 61.5 Å². The van der Waals surface area contributed by atoms with E-state index in [9.17, 15) is 19.2 Å². The molecule has 1 saturated heterocycles. The van der Waals surface area contributed by atoms with Gasteiger partial charge in [0.25, 0.3) is 0 Å². The first kappa shape index (κ1) is 36.1. The number of carbonyl (C=O) groups is 4. The Hall–Kier alpha value is -4.34. The second-order valence-electron chi connectivity index (χ2n) is 11.6. The van der Waals surface area contributed by atoms with E-state index in [-0.39, 0.29) is 23.7 Å². The summed E-state index contributed by atoms with van der Waals surface area (Å²) >= 11 is 0. The molecule has 1 aliphatic rings. The van der Waals surface area contributed by atoms with Gasteiger partial charge in [-0.3, -0.25) is 19.3 Å². The molecule has 3 N–H and O–H groups in total. The van der Waals surface area contributed by atoms with Gasteiger partial charge < -0.3 is 20.7 Å². The molecule has 0 bridgehead atoms. The lowest BCUT2D eigenvalue weighted by Crippen LogP contribution is -2.50. The SMILES string of the molecule is CC(=O)c1cccc(NC=O)c1.CC[C@H](OC)C1C[C@@H](Cc2ccccc2)CCN1CCCNC(=O)Nc1cccc(C(C)=O)c1. The van der Waals surface area contributed by atoms with Crippen molar-refractivity contribution in [1.82, 2.24) is 10.2 Å². The number of amides is 3. The van der Waals surface area contributed by atoms with Crippen LogP contribution in [-0.4, -0.2) is 67.8 Å². The number of rotatable bonds is 14. The number of ketones is 2. The van der Waals surface area contributed by atoms with Gasteiger partial charge in [-0.2, -0.15) is 0 Å². The molecule has 3 amide bonds. The number of ether oxygens (including phenoxy) is 1. The van der Waals surface area contributed by atoms with E-state index < -0.39 is 0 Å². The molecular formula is C37H48N4O5. The largest absolute Gasteiger partial charge is 0.380 e. The molecule has 0 saturated carbocycles. The van der Waals surface area contributed by atoms with Gasteiger partial charge in [-0.05, 0) is 88.2 Å². The first-order chi connectivity index (χ1) is 22.2. The molecule has 3 atom stereocenters. The topological polar surface area (TPSA) is 117 Å². The fraction of sp³-hybridized carbons (Fsp3) is 0.405. The lowest BCUT2D eigenvalue weighted by atomic mass is 9.83. The number of nitrogens with one attached hydrogen (secondary N) is 3. The lowest BCUT2D eigenvalue weighted by molar-refractivity contribution is -0.105. The zero-order chi connectivity index (χ0) is 33.3. The van der Waals surface area contributed by atoms with Crippen molar-refractivity contribution in [2.75, 3.05) is 37.4 Å². The van der Waals surface area contributed by atoms with E-state index in [0.29, 0.717) is 47.4 Å². The number of Topliss-reactive ketones (excluding diaryl/α,β-unsaturated/α-hetero) is 2. The van der Waals surface area contributed by atoms with Crippen molar-refractivity contribution in [3.8, 4) is 0 Å². The number of benzene rings is 3. The van der Waals surface area contributed by atoms with Gasteiger partial charge in [0.15, 0.2) is 11.6 Å². The normalized spacial score (nSPS) is 16.7. The highest BCUT2D eigenvalue weighted by atomic mass is 16.5. The maximum Gasteiger partial charge on any atom is 0.319 e. The Balaban J connectivity index is 0.000000402. The van der Waals surface area contributed by atoms with Crippen LogP contribution in [0.5, 0.6) is 0 Å². The molecule has 0 aliphatic carbocycles. The van der Waals surface area contributed by atoms with E-state index in [1.165, 1.54) is 25.8 Å². The minimum Gasteiger partial charge on any atom is -0.380 e. The number of hydrogen-bond donors (Lipinski definition) is 3. The number of nitrogens with zero attached hydrogens (tertiary/aromatic N) is 1. The average molecular weight is 629 g/mol. The summed E-state index contributed by atoms with van der Waals surface area (Å²) in [6.07, 6.45) is 6.13. The summed E-state index contributed by atoms with van der Waals surface area (Å²) in [5, 5.41) is 8.22. The number of carbonyl (C=O) groups excluding carboxylic acids is 4. The van der Waals surface area contributed by atoms with Crippen molar-refractivity contribution in [2.24, 2.45) is 5.92 Å². The minimum atomic E-state index is -0.248. The van der Waals surface area contributed by atoms with Gasteiger partial charge >= 0.3 is 6.03 Å². The summed E-state index contributed by atoms with van der Waals surface area (Å²) < 4.78 is 5.86. The standard InChI is InChI=1S/C28H39N3O3.C9H9NO2/c1-4-27(34-3)26-19-23(18-22-10-6-5-7-11-22)14-17-31(26)16-9-15-29-28(33)30-25-13-8-12-24(20-25)21(2)32;1-7(12)8-3-2-4-9(5-8)10-6-11/h5-8,10-13,20,23,26-27H,4,9,14-19H2,1-3H3,(H2,29,30,33);2-6H,1H3,(H,10,11)/t23-,26?,27+;/m1./s1. The van der Waals surface area contributed by atoms with Crippen LogP contribution in [0.1, 0.15) is 72.7 Å². The van der Waals surface area contributed by atoms with Crippen LogP contribution in [0.3, 0.4) is 0 Å². The molecule has 9 heteroatoms. The highest BCUT2D eigenvalue weighted by Crippen LogP contribution is 2.30. The lowest BCUT2D eigenvalue weighted by Gasteiger charge is -2.43. The van der Waals surface area contributed by atoms with Crippen LogP contribution in [0, 0.1) is 5.92 Å². The van der Waals surface area contributed by atoms with E-state index in [4.69, 9.17) is 4.74 Å². The third-order valence-electron chi connectivity index (χ3n) is 8.30. The van der Waals surface area contributed by atoms with E-state index >= 15 is 0 Å². The minimum absolute atomic E-state index is 0.00968. The van der Waals surface area contributed by atoms with Crippen molar-refractivity contribution in [1.29, 1.82) is 0 Å². The molecule has 0 aromatic heterocycles. The fourth-order valence-corrected chi connectivity index (χ4v) is 5.89. The molecule has 4 rings (SSSR count). The predicted octanol–water partition coefficient (Wildman–Crippen LogP) is 6.61. The van der Waals surface area contributed by atoms with E-state index in [1.807, 2.05) is 7.11 Å². The molecule has 0 radical (unpaired) electrons. The summed E-state index contributed by atoms with van der Waals surface area (Å²) in [6, 6.07) is 24.7. The maximum atomic E-state index is 12.3. The molecular weight excluding hydrogens is 580 g/mol. The van der Waals surface area contributed by atoms with E-state index in [2.05, 4.69) is 58.1 Å². The summed E-state index contributed by atoms with van der Waals surface area (Å²) in [5.41, 5.74) is 3.86. The Morgan fingerprint density at radius 2 is 1.59 bits per heavy atom. The summed E-state index contributed by atoms with van der Waals surface area (Å²) in [5.74, 6) is 0.639. The van der Waals surface area contributed by atoms with Gasteiger partial charge in [0.2, 0.25) is 6.41 Å². The van der Waals surface area contributed by atoms with Crippen molar-refractivity contribution in [3.63, 3.8) is 0 Å². The quantitative estimate of drug-likeness (QED) is 0.105. The zero-order valence-corrected chi connectivity index (χ0v) is 27.5. The Morgan fingerprint density at radius 3 is 2.20 bits per heavy atom. The number of hydrogen-bond acceptors (Lipinski definition) is 6. The molecule has 1 heterocycles. The summed E-state index contributed by atoms with van der Waals surface area (Å²) in [7, 11) is 1.82. The third kappa shape index (κ3) is 11.9. The van der Waals surface area contributed by atoms with Gasteiger partial charge in [-0.25, -0.2) is 4.79 Å². The maximum absolute atomic E-state index is 12.3. The number of piperidine rings is 1. The van der Waals surface area contributed by atoms with E-state index in [1.54, 1.807) is 48.5 Å². The Morgan fingerprint density at radius 1 is 0.935 bits per heavy atom. The Bertz CT molecular complexity index is 1410. The molecule has 1 unspecified atom stereocenters. The van der Waals surface area contributed by atoms with Crippen molar-refractivity contribution in [3.05, 3.63) is 95.6 Å². The van der Waals surface area contributed by atoms with Crippen LogP contribution < -0.4 is 16.0 Å². The average Bonchev–Trinajstić information content (AvgIpc) is 3.05. The highest BCUT2D eigenvalue weighted by molar-refractivity contribution is 5.97. The molecule has 246 valence electrons. The van der Waals surface area contributed by atoms with Crippen LogP contribution in [0.25, 0.3) is 0 Å². The van der Waals surface area contributed by atoms with Gasteiger partial charge in [0.05, 0.1) is 6.10 Å². The van der Waals surface area contributed by atoms with Crippen LogP contribution in [-0.2, 0) is 16.0 Å². The smallest absolute Gasteiger partial charge is 0.319 e. The number of methoxy groups -OCH3 is 1. The van der Waals surface area contributed by atoms with Gasteiger partial charge in [-0.15, -0.1) is 0 Å². The second-order valence-corrected chi connectivity index (χ2v) is 11.6. The predicted molar refractivity (Wildman–Crippen MR) is 184 cm³/mol.